The lowest BCUT2D eigenvalue weighted by Crippen LogP contribution is -2.13. The van der Waals surface area contributed by atoms with Gasteiger partial charge in [-0.05, 0) is 11.5 Å². The first-order valence-corrected chi connectivity index (χ1v) is 4.19. The van der Waals surface area contributed by atoms with Crippen molar-refractivity contribution in [2.45, 2.75) is 6.29 Å². The molecule has 0 atom stereocenters. The monoisotopic (exact) mass is 207 g/mol. The molecule has 0 aromatic heterocycles. The van der Waals surface area contributed by atoms with E-state index in [1.54, 1.807) is 6.07 Å². The van der Waals surface area contributed by atoms with Crippen LogP contribution in [0.4, 0.5) is 5.69 Å². The standard InChI is InChI=1S/C9H10BNO4/c1-14-9(15-2)6-3-4-8(11(12)13)7(10)5-6/h3-5,9H,1-2H3. The van der Waals surface area contributed by atoms with Crippen molar-refractivity contribution < 1.29 is 14.4 Å². The molecule has 6 heteroatoms. The van der Waals surface area contributed by atoms with E-state index in [-0.39, 0.29) is 11.2 Å². The highest BCUT2D eigenvalue weighted by atomic mass is 16.7. The van der Waals surface area contributed by atoms with E-state index in [9.17, 15) is 10.1 Å². The van der Waals surface area contributed by atoms with E-state index in [4.69, 9.17) is 17.3 Å². The molecule has 1 aromatic rings. The Kier molecular flexibility index (Phi) is 3.82. The Balaban J connectivity index is 3.05. The van der Waals surface area contributed by atoms with Crippen LogP contribution in [-0.2, 0) is 9.47 Å². The van der Waals surface area contributed by atoms with Gasteiger partial charge in [0.15, 0.2) is 6.29 Å². The lowest BCUT2D eigenvalue weighted by Gasteiger charge is -2.13. The van der Waals surface area contributed by atoms with Gasteiger partial charge >= 0.3 is 0 Å². The molecular weight excluding hydrogens is 197 g/mol. The van der Waals surface area contributed by atoms with Crippen LogP contribution in [0.15, 0.2) is 18.2 Å². The van der Waals surface area contributed by atoms with Crippen molar-refractivity contribution in [1.82, 2.24) is 0 Å². The average molecular weight is 207 g/mol. The topological polar surface area (TPSA) is 61.6 Å². The van der Waals surface area contributed by atoms with Crippen molar-refractivity contribution in [3.8, 4) is 0 Å². The van der Waals surface area contributed by atoms with E-state index in [0.29, 0.717) is 5.56 Å². The molecule has 0 amide bonds. The number of rotatable bonds is 4. The van der Waals surface area contributed by atoms with Gasteiger partial charge in [0, 0.05) is 25.8 Å². The third kappa shape index (κ3) is 2.54. The molecule has 0 saturated carbocycles. The van der Waals surface area contributed by atoms with Crippen molar-refractivity contribution in [2.24, 2.45) is 0 Å². The molecule has 0 aliphatic carbocycles. The van der Waals surface area contributed by atoms with Gasteiger partial charge in [0.1, 0.15) is 7.85 Å². The minimum Gasteiger partial charge on any atom is -0.352 e. The molecule has 1 rings (SSSR count). The van der Waals surface area contributed by atoms with Gasteiger partial charge in [0.05, 0.1) is 4.92 Å². The first kappa shape index (κ1) is 11.7. The number of ether oxygens (including phenoxy) is 2. The molecule has 0 unspecified atom stereocenters. The Morgan fingerprint density at radius 2 is 2.00 bits per heavy atom. The van der Waals surface area contributed by atoms with Crippen LogP contribution in [-0.4, -0.2) is 27.0 Å². The van der Waals surface area contributed by atoms with E-state index in [0.717, 1.165) is 0 Å². The third-order valence-electron chi connectivity index (χ3n) is 1.95. The first-order valence-electron chi connectivity index (χ1n) is 4.19. The Bertz CT molecular complexity index is 365. The molecule has 2 radical (unpaired) electrons. The Morgan fingerprint density at radius 3 is 2.40 bits per heavy atom. The van der Waals surface area contributed by atoms with Crippen molar-refractivity contribution >= 4 is 19.0 Å². The van der Waals surface area contributed by atoms with Gasteiger partial charge in [-0.15, -0.1) is 0 Å². The predicted molar refractivity (Wildman–Crippen MR) is 55.2 cm³/mol. The Labute approximate surface area is 88.6 Å². The number of nitro benzene ring substituents is 1. The normalized spacial score (nSPS) is 10.6. The maximum absolute atomic E-state index is 10.5. The summed E-state index contributed by atoms with van der Waals surface area (Å²) in [5.41, 5.74) is 0.615. The summed E-state index contributed by atoms with van der Waals surface area (Å²) in [6, 6.07) is 4.34. The van der Waals surface area contributed by atoms with Crippen LogP contribution in [0.25, 0.3) is 0 Å². The van der Waals surface area contributed by atoms with Gasteiger partial charge in [0.25, 0.3) is 5.69 Å². The largest absolute Gasteiger partial charge is 0.352 e. The van der Waals surface area contributed by atoms with Crippen molar-refractivity contribution in [3.63, 3.8) is 0 Å². The number of hydrogen-bond acceptors (Lipinski definition) is 4. The molecule has 1 aromatic carbocycles. The van der Waals surface area contributed by atoms with Crippen LogP contribution in [0.1, 0.15) is 11.9 Å². The van der Waals surface area contributed by atoms with Crippen LogP contribution in [0, 0.1) is 10.1 Å². The van der Waals surface area contributed by atoms with Crippen LogP contribution in [0.5, 0.6) is 0 Å². The average Bonchev–Trinajstić information content (AvgIpc) is 2.19. The number of nitro groups is 1. The summed E-state index contributed by atoms with van der Waals surface area (Å²) < 4.78 is 9.99. The highest BCUT2D eigenvalue weighted by molar-refractivity contribution is 6.35. The molecular formula is C9H10BNO4. The fourth-order valence-corrected chi connectivity index (χ4v) is 1.25. The zero-order valence-corrected chi connectivity index (χ0v) is 8.47. The van der Waals surface area contributed by atoms with E-state index in [2.05, 4.69) is 0 Å². The van der Waals surface area contributed by atoms with Crippen LogP contribution in [0.3, 0.4) is 0 Å². The van der Waals surface area contributed by atoms with E-state index < -0.39 is 11.2 Å². The number of nitrogens with zero attached hydrogens (tertiary/aromatic N) is 1. The van der Waals surface area contributed by atoms with Crippen LogP contribution in [0.2, 0.25) is 0 Å². The zero-order chi connectivity index (χ0) is 11.4. The molecule has 0 saturated heterocycles. The summed E-state index contributed by atoms with van der Waals surface area (Å²) in [5.74, 6) is 0. The van der Waals surface area contributed by atoms with Crippen molar-refractivity contribution in [3.05, 3.63) is 33.9 Å². The fourth-order valence-electron chi connectivity index (χ4n) is 1.25. The second kappa shape index (κ2) is 4.90. The second-order valence-corrected chi connectivity index (χ2v) is 2.88. The number of methoxy groups -OCH3 is 2. The summed E-state index contributed by atoms with van der Waals surface area (Å²) in [6.07, 6.45) is -0.562. The lowest BCUT2D eigenvalue weighted by molar-refractivity contribution is -0.383. The van der Waals surface area contributed by atoms with E-state index in [1.807, 2.05) is 0 Å². The quantitative estimate of drug-likeness (QED) is 0.315. The summed E-state index contributed by atoms with van der Waals surface area (Å²) >= 11 is 0. The zero-order valence-electron chi connectivity index (χ0n) is 8.47. The molecule has 0 aliphatic rings. The van der Waals surface area contributed by atoms with Crippen LogP contribution < -0.4 is 5.46 Å². The molecule has 0 spiro atoms. The Morgan fingerprint density at radius 1 is 1.40 bits per heavy atom. The van der Waals surface area contributed by atoms with Crippen molar-refractivity contribution in [2.75, 3.05) is 14.2 Å². The Hall–Kier alpha value is -1.40. The lowest BCUT2D eigenvalue weighted by atomic mass is 9.92. The highest BCUT2D eigenvalue weighted by Crippen LogP contribution is 2.18. The van der Waals surface area contributed by atoms with Crippen molar-refractivity contribution in [1.29, 1.82) is 0 Å². The molecule has 0 bridgehead atoms. The smallest absolute Gasteiger partial charge is 0.262 e. The predicted octanol–water partition coefficient (Wildman–Crippen LogP) is 0.680. The molecule has 5 nitrogen and oxygen atoms in total. The number of benzene rings is 1. The van der Waals surface area contributed by atoms with Gasteiger partial charge < -0.3 is 9.47 Å². The minimum atomic E-state index is -0.562. The second-order valence-electron chi connectivity index (χ2n) is 2.88. The molecule has 15 heavy (non-hydrogen) atoms. The molecule has 0 heterocycles. The molecule has 0 aliphatic heterocycles. The first-order chi connectivity index (χ1) is 7.10. The maximum Gasteiger partial charge on any atom is 0.262 e. The van der Waals surface area contributed by atoms with Gasteiger partial charge in [-0.2, -0.15) is 0 Å². The summed E-state index contributed by atoms with van der Waals surface area (Å²) in [7, 11) is 8.47. The molecule has 0 N–H and O–H groups in total. The van der Waals surface area contributed by atoms with Gasteiger partial charge in [-0.1, -0.05) is 6.07 Å². The minimum absolute atomic E-state index is 0.0941. The van der Waals surface area contributed by atoms with Gasteiger partial charge in [-0.3, -0.25) is 10.1 Å². The third-order valence-corrected chi connectivity index (χ3v) is 1.95. The van der Waals surface area contributed by atoms with Crippen LogP contribution >= 0.6 is 0 Å². The van der Waals surface area contributed by atoms with Gasteiger partial charge in [-0.25, -0.2) is 0 Å². The highest BCUT2D eigenvalue weighted by Gasteiger charge is 2.14. The molecule has 78 valence electrons. The van der Waals surface area contributed by atoms with Gasteiger partial charge in [0.2, 0.25) is 0 Å². The maximum atomic E-state index is 10.5. The summed E-state index contributed by atoms with van der Waals surface area (Å²) in [6.45, 7) is 0. The fraction of sp³-hybridized carbons (Fsp3) is 0.333. The number of hydrogen-bond donors (Lipinski definition) is 0. The summed E-state index contributed by atoms with van der Waals surface area (Å²) in [5, 5.41) is 10.5. The van der Waals surface area contributed by atoms with E-state index in [1.165, 1.54) is 26.4 Å². The summed E-state index contributed by atoms with van der Waals surface area (Å²) in [4.78, 5) is 9.97. The van der Waals surface area contributed by atoms with E-state index >= 15 is 0 Å². The SMILES string of the molecule is [B]c1cc(C(OC)OC)ccc1[N+](=O)[O-]. The molecule has 0 fully saturated rings.